The second-order valence-electron chi connectivity index (χ2n) is 2.62. The molecule has 70 valence electrons. The average molecular weight is 221 g/mol. The van der Waals surface area contributed by atoms with E-state index in [0.717, 1.165) is 10.6 Å². The van der Waals surface area contributed by atoms with Gasteiger partial charge in [0.15, 0.2) is 5.13 Å². The molecule has 5 heteroatoms. The Labute approximate surface area is 90.3 Å². The molecule has 2 aromatic rings. The highest BCUT2D eigenvalue weighted by Crippen LogP contribution is 2.23. The summed E-state index contributed by atoms with van der Waals surface area (Å²) in [5.41, 5.74) is 6.61. The van der Waals surface area contributed by atoms with Crippen LogP contribution in [0.5, 0.6) is 0 Å². The molecule has 0 fully saturated rings. The molecule has 1 heterocycles. The lowest BCUT2D eigenvalue weighted by Crippen LogP contribution is -1.91. The summed E-state index contributed by atoms with van der Waals surface area (Å²) in [7, 11) is 0. The van der Waals surface area contributed by atoms with Gasteiger partial charge in [-0.25, -0.2) is 4.98 Å². The Morgan fingerprint density at radius 3 is 2.50 bits per heavy atom. The van der Waals surface area contributed by atoms with Crippen LogP contribution in [-0.4, -0.2) is 9.97 Å². The Morgan fingerprint density at radius 2 is 1.86 bits per heavy atom. The van der Waals surface area contributed by atoms with Gasteiger partial charge in [-0.15, -0.1) is 0 Å². The van der Waals surface area contributed by atoms with Gasteiger partial charge in [-0.2, -0.15) is 4.98 Å². The van der Waals surface area contributed by atoms with Gasteiger partial charge in [0.2, 0.25) is 4.77 Å². The fourth-order valence-corrected chi connectivity index (χ4v) is 2.08. The summed E-state index contributed by atoms with van der Waals surface area (Å²) >= 11 is 6.22. The Bertz CT molecular complexity index is 493. The normalized spacial score (nSPS) is 10.0. The summed E-state index contributed by atoms with van der Waals surface area (Å²) < 4.78 is 0.292. The average Bonchev–Trinajstić information content (AvgIpc) is 2.18. The van der Waals surface area contributed by atoms with Crippen molar-refractivity contribution in [3.63, 3.8) is 0 Å². The van der Waals surface area contributed by atoms with E-state index in [2.05, 4.69) is 9.97 Å². The minimum Gasteiger partial charge on any atom is -0.375 e. The van der Waals surface area contributed by atoms with Gasteiger partial charge >= 0.3 is 0 Å². The van der Waals surface area contributed by atoms with Crippen molar-refractivity contribution in [2.24, 2.45) is 0 Å². The van der Waals surface area contributed by atoms with E-state index in [1.54, 1.807) is 0 Å². The lowest BCUT2D eigenvalue weighted by atomic mass is 10.2. The molecule has 2 N–H and O–H groups in total. The Hall–Kier alpha value is -1.33. The molecule has 0 atom stereocenters. The molecule has 0 bridgehead atoms. The molecule has 0 aliphatic carbocycles. The first kappa shape index (κ1) is 9.23. The predicted molar refractivity (Wildman–Crippen MR) is 60.6 cm³/mol. The fraction of sp³-hybridized carbons (Fsp3) is 0. The van der Waals surface area contributed by atoms with Crippen molar-refractivity contribution in [3.05, 3.63) is 35.1 Å². The number of nitrogen functional groups attached to an aromatic ring is 1. The van der Waals surface area contributed by atoms with E-state index < -0.39 is 0 Å². The number of nitrogens with zero attached hydrogens (tertiary/aromatic N) is 2. The number of rotatable bonds is 1. The maximum Gasteiger partial charge on any atom is 0.223 e. The third-order valence-electron chi connectivity index (χ3n) is 1.63. The van der Waals surface area contributed by atoms with Crippen LogP contribution in [0.15, 0.2) is 30.3 Å². The second-order valence-corrected chi connectivity index (χ2v) is 3.99. The summed E-state index contributed by atoms with van der Waals surface area (Å²) in [4.78, 5) is 8.01. The predicted octanol–water partition coefficient (Wildman–Crippen LogP) is 2.52. The van der Waals surface area contributed by atoms with Crippen LogP contribution >= 0.6 is 23.6 Å². The zero-order valence-electron chi connectivity index (χ0n) is 7.18. The fourth-order valence-electron chi connectivity index (χ4n) is 1.06. The third-order valence-corrected chi connectivity index (χ3v) is 2.63. The van der Waals surface area contributed by atoms with Gasteiger partial charge in [-0.1, -0.05) is 41.7 Å². The van der Waals surface area contributed by atoms with Crippen LogP contribution in [-0.2, 0) is 0 Å². The molecule has 0 unspecified atom stereocenters. The molecule has 1 aromatic carbocycles. The summed E-state index contributed by atoms with van der Waals surface area (Å²) in [6, 6.07) is 9.78. The number of hydrogen-bond donors (Lipinski definition) is 1. The maximum atomic E-state index is 5.60. The van der Waals surface area contributed by atoms with E-state index in [4.69, 9.17) is 18.0 Å². The highest BCUT2D eigenvalue weighted by molar-refractivity contribution is 7.71. The number of anilines is 1. The molecule has 0 aliphatic heterocycles. The Morgan fingerprint density at radius 1 is 1.14 bits per heavy atom. The molecule has 0 aliphatic rings. The quantitative estimate of drug-likeness (QED) is 0.752. The molecule has 3 nitrogen and oxygen atoms in total. The van der Waals surface area contributed by atoms with E-state index in [0.29, 0.717) is 9.90 Å². The van der Waals surface area contributed by atoms with Gasteiger partial charge in [0.1, 0.15) is 5.01 Å². The van der Waals surface area contributed by atoms with Crippen molar-refractivity contribution in [2.75, 3.05) is 5.73 Å². The van der Waals surface area contributed by atoms with Gasteiger partial charge in [0, 0.05) is 5.56 Å². The van der Waals surface area contributed by atoms with Crippen molar-refractivity contribution >= 4 is 28.7 Å². The first-order chi connectivity index (χ1) is 6.75. The molecule has 2 rings (SSSR count). The maximum absolute atomic E-state index is 5.60. The monoisotopic (exact) mass is 221 g/mol. The first-order valence-electron chi connectivity index (χ1n) is 3.96. The minimum atomic E-state index is 0.292. The third kappa shape index (κ3) is 1.94. The SMILES string of the molecule is Nc1nc(=S)nc(-c2ccccc2)s1. The highest BCUT2D eigenvalue weighted by Gasteiger charge is 2.00. The van der Waals surface area contributed by atoms with Crippen LogP contribution in [0.1, 0.15) is 0 Å². The van der Waals surface area contributed by atoms with E-state index >= 15 is 0 Å². The smallest absolute Gasteiger partial charge is 0.223 e. The lowest BCUT2D eigenvalue weighted by molar-refractivity contribution is 1.19. The van der Waals surface area contributed by atoms with Crippen molar-refractivity contribution < 1.29 is 0 Å². The number of nitrogens with two attached hydrogens (primary N) is 1. The number of hydrogen-bond acceptors (Lipinski definition) is 5. The van der Waals surface area contributed by atoms with Gasteiger partial charge in [0.25, 0.3) is 0 Å². The second kappa shape index (κ2) is 3.81. The summed E-state index contributed by atoms with van der Waals surface area (Å²) in [5, 5.41) is 1.26. The van der Waals surface area contributed by atoms with Crippen LogP contribution in [0.25, 0.3) is 10.6 Å². The van der Waals surface area contributed by atoms with Crippen molar-refractivity contribution in [3.8, 4) is 10.6 Å². The first-order valence-corrected chi connectivity index (χ1v) is 5.18. The molecule has 14 heavy (non-hydrogen) atoms. The van der Waals surface area contributed by atoms with Gasteiger partial charge < -0.3 is 5.73 Å². The molecule has 0 radical (unpaired) electrons. The van der Waals surface area contributed by atoms with Crippen LogP contribution in [0.2, 0.25) is 0 Å². The molecular weight excluding hydrogens is 214 g/mol. The van der Waals surface area contributed by atoms with Crippen LogP contribution in [0, 0.1) is 4.77 Å². The summed E-state index contributed by atoms with van der Waals surface area (Å²) in [6.07, 6.45) is 0. The lowest BCUT2D eigenvalue weighted by Gasteiger charge is -1.98. The molecular formula is C9H7N3S2. The standard InChI is InChI=1S/C9H7N3S2/c10-8-12-9(13)11-7(14-8)6-4-2-1-3-5-6/h1-5H,(H2,10,12,13). The number of benzene rings is 1. The largest absolute Gasteiger partial charge is 0.375 e. The summed E-state index contributed by atoms with van der Waals surface area (Å²) in [5.74, 6) is 0. The Balaban J connectivity index is 2.58. The molecule has 0 saturated carbocycles. The van der Waals surface area contributed by atoms with E-state index in [-0.39, 0.29) is 0 Å². The Kier molecular flexibility index (Phi) is 2.51. The van der Waals surface area contributed by atoms with Crippen LogP contribution in [0.4, 0.5) is 5.13 Å². The zero-order valence-corrected chi connectivity index (χ0v) is 8.81. The van der Waals surface area contributed by atoms with Crippen LogP contribution < -0.4 is 5.73 Å². The van der Waals surface area contributed by atoms with E-state index in [9.17, 15) is 0 Å². The van der Waals surface area contributed by atoms with E-state index in [1.165, 1.54) is 11.3 Å². The topological polar surface area (TPSA) is 51.8 Å². The van der Waals surface area contributed by atoms with E-state index in [1.807, 2.05) is 30.3 Å². The zero-order chi connectivity index (χ0) is 9.97. The minimum absolute atomic E-state index is 0.292. The molecule has 1 aromatic heterocycles. The molecule has 0 amide bonds. The van der Waals surface area contributed by atoms with Gasteiger partial charge in [-0.3, -0.25) is 0 Å². The highest BCUT2D eigenvalue weighted by atomic mass is 32.1. The van der Waals surface area contributed by atoms with Crippen molar-refractivity contribution in [1.82, 2.24) is 9.97 Å². The van der Waals surface area contributed by atoms with Crippen LogP contribution in [0.3, 0.4) is 0 Å². The number of aromatic nitrogens is 2. The van der Waals surface area contributed by atoms with Crippen molar-refractivity contribution in [1.29, 1.82) is 0 Å². The molecule has 0 spiro atoms. The van der Waals surface area contributed by atoms with Gasteiger partial charge in [0.05, 0.1) is 0 Å². The van der Waals surface area contributed by atoms with Gasteiger partial charge in [-0.05, 0) is 12.2 Å². The summed E-state index contributed by atoms with van der Waals surface area (Å²) in [6.45, 7) is 0. The molecule has 0 saturated heterocycles. The van der Waals surface area contributed by atoms with Crippen molar-refractivity contribution in [2.45, 2.75) is 0 Å².